The fourth-order valence-electron chi connectivity index (χ4n) is 5.02. The highest BCUT2D eigenvalue weighted by Crippen LogP contribution is 2.51. The van der Waals surface area contributed by atoms with E-state index in [1.165, 1.54) is 0 Å². The van der Waals surface area contributed by atoms with Crippen LogP contribution in [0.5, 0.6) is 11.5 Å². The maximum atomic E-state index is 13.6. The standard InChI is InChI=1S/C28H33NO6/c1-6-32-17-11-9-16-10-12-20(33-7-2)22(18(16)13-17)24-23-19(30)14-28(4,5)15-21(23)35-26(29)25(24)27(31)34-8-3/h9-13,24H,6-8,14-15,29H2,1-5H3. The van der Waals surface area contributed by atoms with Crippen molar-refractivity contribution in [3.63, 3.8) is 0 Å². The van der Waals surface area contributed by atoms with Crippen molar-refractivity contribution < 1.29 is 28.5 Å². The summed E-state index contributed by atoms with van der Waals surface area (Å²) in [4.78, 5) is 26.9. The molecule has 0 bridgehead atoms. The number of nitrogens with two attached hydrogens (primary N) is 1. The second-order valence-corrected chi connectivity index (χ2v) is 9.54. The first-order valence-electron chi connectivity index (χ1n) is 12.1. The lowest BCUT2D eigenvalue weighted by molar-refractivity contribution is -0.139. The molecule has 0 radical (unpaired) electrons. The lowest BCUT2D eigenvalue weighted by Crippen LogP contribution is -2.36. The zero-order valence-corrected chi connectivity index (χ0v) is 21.0. The molecule has 0 spiro atoms. The number of carbonyl (C=O) groups is 2. The quantitative estimate of drug-likeness (QED) is 0.550. The van der Waals surface area contributed by atoms with E-state index < -0.39 is 11.9 Å². The molecule has 2 aromatic carbocycles. The van der Waals surface area contributed by atoms with Crippen LogP contribution in [-0.4, -0.2) is 31.6 Å². The Morgan fingerprint density at radius 2 is 1.77 bits per heavy atom. The minimum atomic E-state index is -0.788. The Morgan fingerprint density at radius 1 is 1.06 bits per heavy atom. The van der Waals surface area contributed by atoms with Gasteiger partial charge < -0.3 is 24.7 Å². The van der Waals surface area contributed by atoms with E-state index in [2.05, 4.69) is 0 Å². The normalized spacial score (nSPS) is 19.3. The van der Waals surface area contributed by atoms with Crippen LogP contribution >= 0.6 is 0 Å². The van der Waals surface area contributed by atoms with E-state index in [0.717, 1.165) is 10.8 Å². The lowest BCUT2D eigenvalue weighted by atomic mass is 9.69. The highest BCUT2D eigenvalue weighted by molar-refractivity contribution is 6.05. The molecule has 4 rings (SSSR count). The third-order valence-electron chi connectivity index (χ3n) is 6.34. The number of allylic oxidation sites excluding steroid dienone is 2. The molecule has 186 valence electrons. The summed E-state index contributed by atoms with van der Waals surface area (Å²) in [6.45, 7) is 10.7. The monoisotopic (exact) mass is 479 g/mol. The van der Waals surface area contributed by atoms with Crippen molar-refractivity contribution >= 4 is 22.5 Å². The number of ketones is 1. The average molecular weight is 480 g/mol. The Balaban J connectivity index is 2.06. The van der Waals surface area contributed by atoms with Gasteiger partial charge in [0.25, 0.3) is 0 Å². The van der Waals surface area contributed by atoms with Gasteiger partial charge in [-0.2, -0.15) is 0 Å². The van der Waals surface area contributed by atoms with Crippen LogP contribution in [0.3, 0.4) is 0 Å². The third kappa shape index (κ3) is 4.59. The highest BCUT2D eigenvalue weighted by Gasteiger charge is 2.46. The molecule has 1 aliphatic carbocycles. The molecule has 2 aromatic rings. The number of fused-ring (bicyclic) bond motifs is 1. The number of rotatable bonds is 7. The number of carbonyl (C=O) groups excluding carboxylic acids is 2. The van der Waals surface area contributed by atoms with Gasteiger partial charge in [-0.3, -0.25) is 4.79 Å². The maximum Gasteiger partial charge on any atom is 0.340 e. The second kappa shape index (κ2) is 9.64. The zero-order valence-electron chi connectivity index (χ0n) is 21.0. The predicted octanol–water partition coefficient (Wildman–Crippen LogP) is 5.13. The summed E-state index contributed by atoms with van der Waals surface area (Å²) in [5.74, 6) is 0.237. The predicted molar refractivity (Wildman–Crippen MR) is 133 cm³/mol. The molecule has 1 atom stereocenters. The first kappa shape index (κ1) is 24.6. The van der Waals surface area contributed by atoms with E-state index in [1.54, 1.807) is 6.92 Å². The third-order valence-corrected chi connectivity index (χ3v) is 6.34. The second-order valence-electron chi connectivity index (χ2n) is 9.54. The molecule has 0 saturated heterocycles. The van der Waals surface area contributed by atoms with Gasteiger partial charge in [-0.05, 0) is 55.2 Å². The average Bonchev–Trinajstić information content (AvgIpc) is 2.77. The topological polar surface area (TPSA) is 97.1 Å². The molecule has 0 saturated carbocycles. The fourth-order valence-corrected chi connectivity index (χ4v) is 5.02. The van der Waals surface area contributed by atoms with Crippen LogP contribution in [0.2, 0.25) is 0 Å². The van der Waals surface area contributed by atoms with E-state index in [9.17, 15) is 9.59 Å². The Hall–Kier alpha value is -3.48. The molecule has 7 heteroatoms. The molecule has 0 fully saturated rings. The Morgan fingerprint density at radius 3 is 2.46 bits per heavy atom. The van der Waals surface area contributed by atoms with Gasteiger partial charge in [-0.15, -0.1) is 0 Å². The number of hydrogen-bond acceptors (Lipinski definition) is 7. The largest absolute Gasteiger partial charge is 0.494 e. The molecule has 0 aromatic heterocycles. The molecule has 1 aliphatic heterocycles. The van der Waals surface area contributed by atoms with E-state index in [4.69, 9.17) is 24.7 Å². The summed E-state index contributed by atoms with van der Waals surface area (Å²) in [5, 5.41) is 1.73. The smallest absolute Gasteiger partial charge is 0.340 e. The zero-order chi connectivity index (χ0) is 25.3. The molecule has 35 heavy (non-hydrogen) atoms. The van der Waals surface area contributed by atoms with E-state index in [0.29, 0.717) is 54.5 Å². The van der Waals surface area contributed by atoms with Crippen LogP contribution in [0.1, 0.15) is 58.9 Å². The van der Waals surface area contributed by atoms with Crippen LogP contribution in [0.25, 0.3) is 10.8 Å². The van der Waals surface area contributed by atoms with Crippen molar-refractivity contribution in [3.8, 4) is 11.5 Å². The minimum absolute atomic E-state index is 0.0434. The van der Waals surface area contributed by atoms with Crippen LogP contribution in [0.15, 0.2) is 53.1 Å². The molecule has 1 unspecified atom stereocenters. The number of benzene rings is 2. The van der Waals surface area contributed by atoms with Gasteiger partial charge in [-0.25, -0.2) is 4.79 Å². The molecule has 2 N–H and O–H groups in total. The van der Waals surface area contributed by atoms with E-state index in [-0.39, 0.29) is 29.3 Å². The summed E-state index contributed by atoms with van der Waals surface area (Å²) in [6.07, 6.45) is 0.862. The lowest BCUT2D eigenvalue weighted by Gasteiger charge is -2.38. The highest BCUT2D eigenvalue weighted by atomic mass is 16.5. The van der Waals surface area contributed by atoms with Crippen LogP contribution < -0.4 is 15.2 Å². The van der Waals surface area contributed by atoms with Crippen molar-refractivity contribution in [1.29, 1.82) is 0 Å². The summed E-state index contributed by atoms with van der Waals surface area (Å²) < 4.78 is 23.1. The van der Waals surface area contributed by atoms with Crippen molar-refractivity contribution in [1.82, 2.24) is 0 Å². The Bertz CT molecular complexity index is 1230. The van der Waals surface area contributed by atoms with Gasteiger partial charge in [0.05, 0.1) is 25.7 Å². The number of ether oxygens (including phenoxy) is 4. The molecular formula is C28H33NO6. The van der Waals surface area contributed by atoms with Gasteiger partial charge in [0.2, 0.25) is 5.88 Å². The van der Waals surface area contributed by atoms with Gasteiger partial charge >= 0.3 is 5.97 Å². The van der Waals surface area contributed by atoms with E-state index >= 15 is 0 Å². The maximum absolute atomic E-state index is 13.6. The van der Waals surface area contributed by atoms with Gasteiger partial charge in [0, 0.05) is 24.0 Å². The van der Waals surface area contributed by atoms with Crippen molar-refractivity contribution in [2.45, 2.75) is 53.4 Å². The van der Waals surface area contributed by atoms with Gasteiger partial charge in [0.1, 0.15) is 22.8 Å². The Labute approximate surface area is 205 Å². The SMILES string of the molecule is CCOC(=O)C1=C(N)OC2=C(C(=O)CC(C)(C)C2)C1c1c(OCC)ccc2ccc(OCC)cc12. The summed E-state index contributed by atoms with van der Waals surface area (Å²) in [6, 6.07) is 9.60. The van der Waals surface area contributed by atoms with E-state index in [1.807, 2.05) is 58.0 Å². The van der Waals surface area contributed by atoms with Gasteiger partial charge in [0.15, 0.2) is 5.78 Å². The molecule has 0 amide bonds. The van der Waals surface area contributed by atoms with Gasteiger partial charge in [-0.1, -0.05) is 26.0 Å². The van der Waals surface area contributed by atoms with Crippen molar-refractivity contribution in [3.05, 3.63) is 58.7 Å². The van der Waals surface area contributed by atoms with Crippen molar-refractivity contribution in [2.75, 3.05) is 19.8 Å². The summed E-state index contributed by atoms with van der Waals surface area (Å²) in [5.41, 5.74) is 7.33. The minimum Gasteiger partial charge on any atom is -0.494 e. The molecule has 2 aliphatic rings. The van der Waals surface area contributed by atoms with Crippen LogP contribution in [-0.2, 0) is 19.1 Å². The first-order chi connectivity index (χ1) is 16.7. The summed E-state index contributed by atoms with van der Waals surface area (Å²) >= 11 is 0. The molecule has 7 nitrogen and oxygen atoms in total. The Kier molecular flexibility index (Phi) is 6.79. The van der Waals surface area contributed by atoms with Crippen LogP contribution in [0, 0.1) is 5.41 Å². The molecule has 1 heterocycles. The first-order valence-corrected chi connectivity index (χ1v) is 12.1. The number of esters is 1. The van der Waals surface area contributed by atoms with Crippen LogP contribution in [0.4, 0.5) is 0 Å². The summed E-state index contributed by atoms with van der Waals surface area (Å²) in [7, 11) is 0. The number of hydrogen-bond donors (Lipinski definition) is 1. The fraction of sp³-hybridized carbons (Fsp3) is 0.429. The van der Waals surface area contributed by atoms with Crippen molar-refractivity contribution in [2.24, 2.45) is 11.1 Å². The molecular weight excluding hydrogens is 446 g/mol. The number of Topliss-reactive ketones (excluding diaryl/α,β-unsaturated/α-hetero) is 1.